The predicted octanol–water partition coefficient (Wildman–Crippen LogP) is 1.53. The average molecular weight is 275 g/mol. The second-order valence-corrected chi connectivity index (χ2v) is 5.75. The highest BCUT2D eigenvalue weighted by Crippen LogP contribution is 2.31. The van der Waals surface area contributed by atoms with E-state index in [-0.39, 0.29) is 17.7 Å². The Hall–Kier alpha value is -1.62. The summed E-state index contributed by atoms with van der Waals surface area (Å²) in [5.41, 5.74) is 0.354. The highest BCUT2D eigenvalue weighted by atomic mass is 16.3. The van der Waals surface area contributed by atoms with Crippen LogP contribution in [0.2, 0.25) is 0 Å². The maximum Gasteiger partial charge on any atom is 0.257 e. The van der Waals surface area contributed by atoms with Crippen molar-refractivity contribution in [2.24, 2.45) is 0 Å². The fraction of sp³-hybridized carbons (Fsp3) is 0.600. The van der Waals surface area contributed by atoms with Gasteiger partial charge in [-0.1, -0.05) is 0 Å². The molecule has 0 spiro atoms. The monoisotopic (exact) mass is 275 g/mol. The predicted molar refractivity (Wildman–Crippen MR) is 75.6 cm³/mol. The summed E-state index contributed by atoms with van der Waals surface area (Å²) in [6.45, 7) is 2.67. The first kappa shape index (κ1) is 13.4. The number of aromatic hydroxyl groups is 1. The van der Waals surface area contributed by atoms with Gasteiger partial charge in [0.05, 0.1) is 11.8 Å². The lowest BCUT2D eigenvalue weighted by atomic mass is 9.97. The molecule has 1 aromatic heterocycles. The molecule has 2 unspecified atom stereocenters. The zero-order valence-electron chi connectivity index (χ0n) is 11.7. The molecule has 2 aliphatic heterocycles. The van der Waals surface area contributed by atoms with E-state index in [1.54, 1.807) is 12.3 Å². The molecule has 1 aromatic rings. The third-order valence-electron chi connectivity index (χ3n) is 4.52. The van der Waals surface area contributed by atoms with Gasteiger partial charge in [-0.25, -0.2) is 0 Å². The van der Waals surface area contributed by atoms with E-state index in [4.69, 9.17) is 0 Å². The lowest BCUT2D eigenvalue weighted by Gasteiger charge is -2.37. The normalized spacial score (nSPS) is 28.4. The number of rotatable bonds is 3. The largest absolute Gasteiger partial charge is 0.505 e. The first-order valence-corrected chi connectivity index (χ1v) is 7.39. The molecule has 2 atom stereocenters. The Morgan fingerprint density at radius 3 is 2.75 bits per heavy atom. The summed E-state index contributed by atoms with van der Waals surface area (Å²) in [7, 11) is 0. The van der Waals surface area contributed by atoms with Crippen molar-refractivity contribution in [3.8, 4) is 5.75 Å². The number of nitrogens with zero attached hydrogens (tertiary/aromatic N) is 2. The van der Waals surface area contributed by atoms with Gasteiger partial charge in [0.2, 0.25) is 0 Å². The van der Waals surface area contributed by atoms with Gasteiger partial charge < -0.3 is 15.3 Å². The molecule has 2 bridgehead atoms. The highest BCUT2D eigenvalue weighted by molar-refractivity contribution is 5.96. The quantitative estimate of drug-likeness (QED) is 0.878. The third-order valence-corrected chi connectivity index (χ3v) is 4.52. The van der Waals surface area contributed by atoms with Gasteiger partial charge >= 0.3 is 0 Å². The van der Waals surface area contributed by atoms with E-state index in [0.717, 1.165) is 12.8 Å². The number of nitrogens with one attached hydrogen (secondary N) is 1. The number of carbonyl (C=O) groups is 1. The first-order valence-electron chi connectivity index (χ1n) is 7.39. The second-order valence-electron chi connectivity index (χ2n) is 5.75. The van der Waals surface area contributed by atoms with Gasteiger partial charge in [0.1, 0.15) is 5.75 Å². The van der Waals surface area contributed by atoms with Crippen molar-refractivity contribution < 1.29 is 9.90 Å². The van der Waals surface area contributed by atoms with Crippen molar-refractivity contribution in [2.45, 2.75) is 50.7 Å². The van der Waals surface area contributed by atoms with Crippen molar-refractivity contribution in [3.05, 3.63) is 24.0 Å². The average Bonchev–Trinajstić information content (AvgIpc) is 2.79. The van der Waals surface area contributed by atoms with Crippen LogP contribution in [0, 0.1) is 0 Å². The second kappa shape index (κ2) is 5.40. The van der Waals surface area contributed by atoms with Crippen LogP contribution in [0.5, 0.6) is 5.75 Å². The molecular weight excluding hydrogens is 254 g/mol. The molecular formula is C15H21N3O2. The van der Waals surface area contributed by atoms with Gasteiger partial charge in [-0.05, 0) is 38.7 Å². The summed E-state index contributed by atoms with van der Waals surface area (Å²) >= 11 is 0. The number of fused-ring (bicyclic) bond motifs is 2. The minimum Gasteiger partial charge on any atom is -0.505 e. The smallest absolute Gasteiger partial charge is 0.257 e. The fourth-order valence-corrected chi connectivity index (χ4v) is 3.57. The standard InChI is InChI=1S/C15H21N3O2/c1-2-18(12-7-10-3-4-11(8-12)17-10)15(20)13-5-6-16-9-14(13)19/h5-6,9-12,17,19H,2-4,7-8H2,1H3. The van der Waals surface area contributed by atoms with Gasteiger partial charge in [-0.15, -0.1) is 0 Å². The van der Waals surface area contributed by atoms with Gasteiger partial charge in [0, 0.05) is 30.9 Å². The Morgan fingerprint density at radius 1 is 1.45 bits per heavy atom. The molecule has 20 heavy (non-hydrogen) atoms. The van der Waals surface area contributed by atoms with Crippen molar-refractivity contribution in [2.75, 3.05) is 6.54 Å². The summed E-state index contributed by atoms with van der Waals surface area (Å²) in [6, 6.07) is 2.97. The minimum absolute atomic E-state index is 0.0344. The van der Waals surface area contributed by atoms with E-state index in [1.807, 2.05) is 11.8 Å². The van der Waals surface area contributed by atoms with Crippen molar-refractivity contribution >= 4 is 5.91 Å². The first-order chi connectivity index (χ1) is 9.69. The summed E-state index contributed by atoms with van der Waals surface area (Å²) in [4.78, 5) is 18.4. The molecule has 2 fully saturated rings. The van der Waals surface area contributed by atoms with E-state index in [1.165, 1.54) is 19.0 Å². The fourth-order valence-electron chi connectivity index (χ4n) is 3.57. The molecule has 2 N–H and O–H groups in total. The SMILES string of the molecule is CCN(C(=O)c1ccncc1O)C1CC2CCC(C1)N2. The molecule has 2 aliphatic rings. The van der Waals surface area contributed by atoms with Crippen LogP contribution in [0.4, 0.5) is 0 Å². The number of aromatic nitrogens is 1. The Bertz CT molecular complexity index is 494. The topological polar surface area (TPSA) is 65.5 Å². The van der Waals surface area contributed by atoms with Crippen LogP contribution in [0.15, 0.2) is 18.5 Å². The lowest BCUT2D eigenvalue weighted by molar-refractivity contribution is 0.0628. The van der Waals surface area contributed by atoms with Crippen molar-refractivity contribution in [1.29, 1.82) is 0 Å². The zero-order valence-corrected chi connectivity index (χ0v) is 11.7. The van der Waals surface area contributed by atoms with Gasteiger partial charge in [-0.3, -0.25) is 9.78 Å². The summed E-state index contributed by atoms with van der Waals surface area (Å²) in [5, 5.41) is 13.4. The van der Waals surface area contributed by atoms with Crippen LogP contribution >= 0.6 is 0 Å². The zero-order chi connectivity index (χ0) is 14.1. The van der Waals surface area contributed by atoms with Crippen LogP contribution in [0.25, 0.3) is 0 Å². The molecule has 5 heteroatoms. The summed E-state index contributed by atoms with van der Waals surface area (Å²) in [6.07, 6.45) is 7.34. The third kappa shape index (κ3) is 2.38. The number of piperidine rings is 1. The highest BCUT2D eigenvalue weighted by Gasteiger charge is 2.37. The van der Waals surface area contributed by atoms with E-state index in [0.29, 0.717) is 24.2 Å². The molecule has 0 aromatic carbocycles. The number of hydrogen-bond acceptors (Lipinski definition) is 4. The van der Waals surface area contributed by atoms with E-state index >= 15 is 0 Å². The number of hydrogen-bond donors (Lipinski definition) is 2. The number of carbonyl (C=O) groups excluding carboxylic acids is 1. The maximum absolute atomic E-state index is 12.6. The van der Waals surface area contributed by atoms with Crippen molar-refractivity contribution in [3.63, 3.8) is 0 Å². The van der Waals surface area contributed by atoms with Crippen LogP contribution < -0.4 is 5.32 Å². The number of amides is 1. The maximum atomic E-state index is 12.6. The number of pyridine rings is 1. The molecule has 5 nitrogen and oxygen atoms in total. The molecule has 3 heterocycles. The molecule has 1 amide bonds. The lowest BCUT2D eigenvalue weighted by Crippen LogP contribution is -2.50. The van der Waals surface area contributed by atoms with Crippen LogP contribution in [0.3, 0.4) is 0 Å². The molecule has 0 radical (unpaired) electrons. The van der Waals surface area contributed by atoms with Crippen LogP contribution in [-0.2, 0) is 0 Å². The molecule has 2 saturated heterocycles. The molecule has 108 valence electrons. The van der Waals surface area contributed by atoms with Gasteiger partial charge in [-0.2, -0.15) is 0 Å². The van der Waals surface area contributed by atoms with E-state index in [9.17, 15) is 9.90 Å². The van der Waals surface area contributed by atoms with Gasteiger partial charge in [0.15, 0.2) is 0 Å². The van der Waals surface area contributed by atoms with Gasteiger partial charge in [0.25, 0.3) is 5.91 Å². The summed E-state index contributed by atoms with van der Waals surface area (Å²) < 4.78 is 0. The Labute approximate surface area is 119 Å². The Morgan fingerprint density at radius 2 is 2.15 bits per heavy atom. The molecule has 0 aliphatic carbocycles. The summed E-state index contributed by atoms with van der Waals surface area (Å²) in [5.74, 6) is -0.119. The molecule has 3 rings (SSSR count). The Kier molecular flexibility index (Phi) is 3.61. The van der Waals surface area contributed by atoms with E-state index in [2.05, 4.69) is 10.3 Å². The van der Waals surface area contributed by atoms with E-state index < -0.39 is 0 Å². The van der Waals surface area contributed by atoms with Crippen LogP contribution in [0.1, 0.15) is 43.0 Å². The van der Waals surface area contributed by atoms with Crippen molar-refractivity contribution in [1.82, 2.24) is 15.2 Å². The molecule has 0 saturated carbocycles. The van der Waals surface area contributed by atoms with Crippen LogP contribution in [-0.4, -0.2) is 45.6 Å². The Balaban J connectivity index is 1.79. The minimum atomic E-state index is -0.0845.